The molecule has 2 heteroatoms. The highest BCUT2D eigenvalue weighted by Crippen LogP contribution is 2.10. The fraction of sp³-hybridized carbons (Fsp3) is 0.600. The minimum atomic E-state index is 0.620. The third-order valence-corrected chi connectivity index (χ3v) is 3.41. The van der Waals surface area contributed by atoms with E-state index in [1.807, 2.05) is 0 Å². The molecule has 0 aliphatic heterocycles. The highest BCUT2D eigenvalue weighted by molar-refractivity contribution is 5.30. The third kappa shape index (κ3) is 4.88. The van der Waals surface area contributed by atoms with E-state index in [9.17, 15) is 0 Å². The van der Waals surface area contributed by atoms with E-state index in [1.165, 1.54) is 16.7 Å². The van der Waals surface area contributed by atoms with Crippen LogP contribution in [-0.4, -0.2) is 19.6 Å². The number of benzene rings is 1. The molecule has 0 amide bonds. The zero-order chi connectivity index (χ0) is 12.7. The van der Waals surface area contributed by atoms with Crippen LogP contribution in [-0.2, 0) is 6.42 Å². The van der Waals surface area contributed by atoms with Gasteiger partial charge in [-0.2, -0.15) is 0 Å². The average molecular weight is 234 g/mol. The summed E-state index contributed by atoms with van der Waals surface area (Å²) >= 11 is 0. The van der Waals surface area contributed by atoms with Crippen molar-refractivity contribution < 1.29 is 0 Å². The minimum Gasteiger partial charge on any atom is -0.330 e. The van der Waals surface area contributed by atoms with Crippen molar-refractivity contribution in [3.05, 3.63) is 34.9 Å². The lowest BCUT2D eigenvalue weighted by molar-refractivity contribution is 0.473. The molecule has 17 heavy (non-hydrogen) atoms. The molecule has 0 spiro atoms. The van der Waals surface area contributed by atoms with Crippen LogP contribution in [0.15, 0.2) is 18.2 Å². The van der Waals surface area contributed by atoms with Gasteiger partial charge in [0.2, 0.25) is 0 Å². The first-order valence-corrected chi connectivity index (χ1v) is 6.64. The van der Waals surface area contributed by atoms with E-state index in [1.54, 1.807) is 0 Å². The molecule has 0 heterocycles. The van der Waals surface area contributed by atoms with Crippen LogP contribution in [0.25, 0.3) is 0 Å². The van der Waals surface area contributed by atoms with Crippen LogP contribution in [0, 0.1) is 19.8 Å². The Kier molecular flexibility index (Phi) is 6.23. The lowest BCUT2D eigenvalue weighted by Gasteiger charge is -2.13. The highest BCUT2D eigenvalue weighted by atomic mass is 14.9. The van der Waals surface area contributed by atoms with Crippen LogP contribution in [0.2, 0.25) is 0 Å². The molecule has 0 bridgehead atoms. The molecule has 0 aromatic heterocycles. The zero-order valence-electron chi connectivity index (χ0n) is 11.4. The predicted octanol–water partition coefficient (Wildman–Crippen LogP) is 2.42. The zero-order valence-corrected chi connectivity index (χ0v) is 11.4. The van der Waals surface area contributed by atoms with E-state index in [0.29, 0.717) is 5.92 Å². The van der Waals surface area contributed by atoms with E-state index < -0.39 is 0 Å². The van der Waals surface area contributed by atoms with Crippen molar-refractivity contribution in [1.29, 1.82) is 0 Å². The fourth-order valence-corrected chi connectivity index (χ4v) is 2.05. The van der Waals surface area contributed by atoms with Crippen LogP contribution < -0.4 is 11.1 Å². The SMILES string of the molecule is CCC(CN)CNCCc1ccc(C)cc1C. The summed E-state index contributed by atoms with van der Waals surface area (Å²) in [5.74, 6) is 0.620. The first-order chi connectivity index (χ1) is 8.17. The molecular weight excluding hydrogens is 208 g/mol. The standard InChI is InChI=1S/C15H26N2/c1-4-14(10-16)11-17-8-7-15-6-5-12(2)9-13(15)3/h5-6,9,14,17H,4,7-8,10-11,16H2,1-3H3. The smallest absolute Gasteiger partial charge is 0.000813 e. The molecule has 1 aromatic carbocycles. The highest BCUT2D eigenvalue weighted by Gasteiger charge is 2.03. The van der Waals surface area contributed by atoms with Gasteiger partial charge in [0.25, 0.3) is 0 Å². The molecular formula is C15H26N2. The summed E-state index contributed by atoms with van der Waals surface area (Å²) in [6, 6.07) is 6.69. The van der Waals surface area contributed by atoms with Crippen LogP contribution >= 0.6 is 0 Å². The summed E-state index contributed by atoms with van der Waals surface area (Å²) < 4.78 is 0. The lowest BCUT2D eigenvalue weighted by Crippen LogP contribution is -2.29. The van der Waals surface area contributed by atoms with E-state index in [0.717, 1.165) is 32.5 Å². The second-order valence-corrected chi connectivity index (χ2v) is 4.89. The molecule has 1 atom stereocenters. The molecule has 2 nitrogen and oxygen atoms in total. The summed E-state index contributed by atoms with van der Waals surface area (Å²) in [6.45, 7) is 9.40. The summed E-state index contributed by atoms with van der Waals surface area (Å²) in [4.78, 5) is 0. The lowest BCUT2D eigenvalue weighted by atomic mass is 10.0. The van der Waals surface area contributed by atoms with Gasteiger partial charge in [-0.15, -0.1) is 0 Å². The quantitative estimate of drug-likeness (QED) is 0.711. The molecule has 3 N–H and O–H groups in total. The molecule has 1 unspecified atom stereocenters. The van der Waals surface area contributed by atoms with Crippen molar-refractivity contribution in [2.75, 3.05) is 19.6 Å². The van der Waals surface area contributed by atoms with Crippen LogP contribution in [0.1, 0.15) is 30.0 Å². The van der Waals surface area contributed by atoms with Gasteiger partial charge in [-0.1, -0.05) is 37.1 Å². The van der Waals surface area contributed by atoms with E-state index in [2.05, 4.69) is 44.3 Å². The van der Waals surface area contributed by atoms with Gasteiger partial charge < -0.3 is 11.1 Å². The summed E-state index contributed by atoms with van der Waals surface area (Å²) in [7, 11) is 0. The molecule has 0 aliphatic rings. The third-order valence-electron chi connectivity index (χ3n) is 3.41. The second kappa shape index (κ2) is 7.46. The van der Waals surface area contributed by atoms with Gasteiger partial charge in [-0.05, 0) is 56.9 Å². The number of aryl methyl sites for hydroxylation is 2. The van der Waals surface area contributed by atoms with Gasteiger partial charge >= 0.3 is 0 Å². The normalized spacial score (nSPS) is 12.7. The van der Waals surface area contributed by atoms with Crippen molar-refractivity contribution in [1.82, 2.24) is 5.32 Å². The van der Waals surface area contributed by atoms with Crippen LogP contribution in [0.3, 0.4) is 0 Å². The monoisotopic (exact) mass is 234 g/mol. The molecule has 0 radical (unpaired) electrons. The molecule has 0 fully saturated rings. The molecule has 1 aromatic rings. The van der Waals surface area contributed by atoms with Crippen molar-refractivity contribution in [2.45, 2.75) is 33.6 Å². The number of hydrogen-bond acceptors (Lipinski definition) is 2. The average Bonchev–Trinajstić information content (AvgIpc) is 2.32. The van der Waals surface area contributed by atoms with Gasteiger partial charge in [0.15, 0.2) is 0 Å². The maximum Gasteiger partial charge on any atom is -0.000813 e. The molecule has 1 rings (SSSR count). The molecule has 0 saturated heterocycles. The Balaban J connectivity index is 2.31. The molecule has 96 valence electrons. The number of rotatable bonds is 7. The van der Waals surface area contributed by atoms with E-state index >= 15 is 0 Å². The van der Waals surface area contributed by atoms with Gasteiger partial charge in [-0.3, -0.25) is 0 Å². The first-order valence-electron chi connectivity index (χ1n) is 6.64. The summed E-state index contributed by atoms with van der Waals surface area (Å²) in [6.07, 6.45) is 2.26. The Morgan fingerprint density at radius 3 is 2.65 bits per heavy atom. The van der Waals surface area contributed by atoms with E-state index in [4.69, 9.17) is 5.73 Å². The maximum atomic E-state index is 5.68. The van der Waals surface area contributed by atoms with Crippen molar-refractivity contribution >= 4 is 0 Å². The maximum absolute atomic E-state index is 5.68. The predicted molar refractivity (Wildman–Crippen MR) is 75.3 cm³/mol. The van der Waals surface area contributed by atoms with Gasteiger partial charge in [0.1, 0.15) is 0 Å². The largest absolute Gasteiger partial charge is 0.330 e. The Bertz CT molecular complexity index is 330. The number of nitrogens with two attached hydrogens (primary N) is 1. The Hall–Kier alpha value is -0.860. The molecule has 0 aliphatic carbocycles. The fourth-order valence-electron chi connectivity index (χ4n) is 2.05. The summed E-state index contributed by atoms with van der Waals surface area (Å²) in [5.41, 5.74) is 9.87. The Morgan fingerprint density at radius 2 is 2.06 bits per heavy atom. The first kappa shape index (κ1) is 14.2. The Labute approximate surface area is 106 Å². The van der Waals surface area contributed by atoms with Crippen LogP contribution in [0.4, 0.5) is 0 Å². The van der Waals surface area contributed by atoms with Crippen LogP contribution in [0.5, 0.6) is 0 Å². The van der Waals surface area contributed by atoms with Gasteiger partial charge in [-0.25, -0.2) is 0 Å². The van der Waals surface area contributed by atoms with Gasteiger partial charge in [0, 0.05) is 0 Å². The van der Waals surface area contributed by atoms with Gasteiger partial charge in [0.05, 0.1) is 0 Å². The number of nitrogens with one attached hydrogen (secondary N) is 1. The second-order valence-electron chi connectivity index (χ2n) is 4.89. The molecule has 0 saturated carbocycles. The van der Waals surface area contributed by atoms with Crippen molar-refractivity contribution in [3.63, 3.8) is 0 Å². The topological polar surface area (TPSA) is 38.0 Å². The van der Waals surface area contributed by atoms with E-state index in [-0.39, 0.29) is 0 Å². The number of hydrogen-bond donors (Lipinski definition) is 2. The Morgan fingerprint density at radius 1 is 1.29 bits per heavy atom. The summed E-state index contributed by atoms with van der Waals surface area (Å²) in [5, 5.41) is 3.50. The van der Waals surface area contributed by atoms with Crippen molar-refractivity contribution in [2.24, 2.45) is 11.7 Å². The van der Waals surface area contributed by atoms with Crippen molar-refractivity contribution in [3.8, 4) is 0 Å². The minimum absolute atomic E-state index is 0.620.